The van der Waals surface area contributed by atoms with Crippen LogP contribution in [-0.2, 0) is 4.43 Å². The predicted molar refractivity (Wildman–Crippen MR) is 117 cm³/mol. The van der Waals surface area contributed by atoms with Crippen LogP contribution in [0.4, 0.5) is 0 Å². The molecule has 0 unspecified atom stereocenters. The van der Waals surface area contributed by atoms with Crippen LogP contribution in [0.2, 0.25) is 5.04 Å². The van der Waals surface area contributed by atoms with Crippen LogP contribution in [0.1, 0.15) is 53.9 Å². The summed E-state index contributed by atoms with van der Waals surface area (Å²) in [6.45, 7) is 12.2. The molecule has 0 aromatic heterocycles. The Balaban J connectivity index is 2.36. The monoisotopic (exact) mass is 366 g/mol. The van der Waals surface area contributed by atoms with Gasteiger partial charge in [0.15, 0.2) is 0 Å². The van der Waals surface area contributed by atoms with Gasteiger partial charge in [-0.1, -0.05) is 100 Å². The summed E-state index contributed by atoms with van der Waals surface area (Å²) in [4.78, 5) is 0. The first-order valence-electron chi connectivity index (χ1n) is 9.82. The fourth-order valence-corrected chi connectivity index (χ4v) is 8.39. The molecule has 0 aliphatic rings. The maximum atomic E-state index is 6.91. The van der Waals surface area contributed by atoms with Crippen molar-refractivity contribution in [1.82, 2.24) is 0 Å². The summed E-state index contributed by atoms with van der Waals surface area (Å²) in [6.07, 6.45) is 5.63. The number of rotatable bonds is 8. The number of benzene rings is 2. The van der Waals surface area contributed by atoms with Crippen molar-refractivity contribution in [3.63, 3.8) is 0 Å². The van der Waals surface area contributed by atoms with Crippen LogP contribution < -0.4 is 10.4 Å². The molecule has 2 aromatic rings. The van der Waals surface area contributed by atoms with Crippen molar-refractivity contribution in [3.05, 3.63) is 72.3 Å². The maximum absolute atomic E-state index is 6.91. The van der Waals surface area contributed by atoms with Gasteiger partial charge in [0.1, 0.15) is 0 Å². The summed E-state index contributed by atoms with van der Waals surface area (Å²) in [5.74, 6) is 0. The molecule has 0 saturated heterocycles. The summed E-state index contributed by atoms with van der Waals surface area (Å²) < 4.78 is 6.91. The van der Waals surface area contributed by atoms with Gasteiger partial charge in [-0.05, 0) is 41.6 Å². The molecule has 0 fully saturated rings. The summed E-state index contributed by atoms with van der Waals surface area (Å²) in [6, 6.07) is 21.8. The lowest BCUT2D eigenvalue weighted by Gasteiger charge is -2.43. The van der Waals surface area contributed by atoms with E-state index < -0.39 is 8.32 Å². The molecule has 0 radical (unpaired) electrons. The molecule has 26 heavy (non-hydrogen) atoms. The van der Waals surface area contributed by atoms with E-state index in [9.17, 15) is 0 Å². The first-order chi connectivity index (χ1) is 12.4. The molecule has 0 aliphatic carbocycles. The van der Waals surface area contributed by atoms with Gasteiger partial charge in [-0.15, -0.1) is 0 Å². The van der Waals surface area contributed by atoms with E-state index in [2.05, 4.69) is 101 Å². The molecule has 1 nitrogen and oxygen atoms in total. The molecule has 2 aromatic carbocycles. The molecule has 0 saturated carbocycles. The minimum Gasteiger partial charge on any atom is -0.407 e. The van der Waals surface area contributed by atoms with E-state index in [-0.39, 0.29) is 5.04 Å². The van der Waals surface area contributed by atoms with Crippen molar-refractivity contribution < 1.29 is 4.43 Å². The summed E-state index contributed by atoms with van der Waals surface area (Å²) in [5, 5.41) is 2.78. The van der Waals surface area contributed by atoms with Crippen molar-refractivity contribution in [2.45, 2.75) is 58.9 Å². The Hall–Kier alpha value is -1.64. The van der Waals surface area contributed by atoms with E-state index in [1.54, 1.807) is 0 Å². The second-order valence-electron chi connectivity index (χ2n) is 8.07. The predicted octanol–water partition coefficient (Wildman–Crippen LogP) is 5.70. The number of hydrogen-bond donors (Lipinski definition) is 0. The summed E-state index contributed by atoms with van der Waals surface area (Å²) in [5.41, 5.74) is 1.47. The molecular formula is C24H34OSi. The summed E-state index contributed by atoms with van der Waals surface area (Å²) in [7, 11) is -2.36. The van der Waals surface area contributed by atoms with Crippen molar-refractivity contribution in [1.29, 1.82) is 0 Å². The van der Waals surface area contributed by atoms with Gasteiger partial charge < -0.3 is 4.43 Å². The molecule has 2 heteroatoms. The Morgan fingerprint density at radius 2 is 1.42 bits per heavy atom. The zero-order chi connectivity index (χ0) is 19.0. The van der Waals surface area contributed by atoms with Crippen molar-refractivity contribution in [2.75, 3.05) is 6.61 Å². The second kappa shape index (κ2) is 9.34. The fourth-order valence-electron chi connectivity index (χ4n) is 3.79. The zero-order valence-electron chi connectivity index (χ0n) is 17.1. The molecular weight excluding hydrogens is 332 g/mol. The molecule has 0 amide bonds. The SMILES string of the molecule is CCC=C(C)CCCO[Si](c1ccccc1)(c1ccccc1)C(C)(C)C. The van der Waals surface area contributed by atoms with Gasteiger partial charge >= 0.3 is 0 Å². The van der Waals surface area contributed by atoms with Crippen LogP contribution in [0.5, 0.6) is 0 Å². The van der Waals surface area contributed by atoms with Gasteiger partial charge in [0.05, 0.1) is 0 Å². The lowest BCUT2D eigenvalue weighted by Crippen LogP contribution is -2.66. The minimum absolute atomic E-state index is 0.0595. The third kappa shape index (κ3) is 4.75. The van der Waals surface area contributed by atoms with Crippen LogP contribution in [0.15, 0.2) is 72.3 Å². The van der Waals surface area contributed by atoms with Crippen LogP contribution in [0.25, 0.3) is 0 Å². The average molecular weight is 367 g/mol. The number of hydrogen-bond acceptors (Lipinski definition) is 1. The van der Waals surface area contributed by atoms with Gasteiger partial charge in [0.2, 0.25) is 0 Å². The molecule has 0 bridgehead atoms. The second-order valence-corrected chi connectivity index (χ2v) is 12.4. The molecule has 0 spiro atoms. The quantitative estimate of drug-likeness (QED) is 0.331. The highest BCUT2D eigenvalue weighted by Crippen LogP contribution is 2.36. The van der Waals surface area contributed by atoms with Gasteiger partial charge in [-0.2, -0.15) is 0 Å². The third-order valence-corrected chi connectivity index (χ3v) is 10.0. The topological polar surface area (TPSA) is 9.23 Å². The minimum atomic E-state index is -2.36. The standard InChI is InChI=1S/C24H34OSi/c1-6-14-21(2)15-13-20-25-26(24(3,4)5,22-16-9-7-10-17-22)23-18-11-8-12-19-23/h7-12,14,16-19H,6,13,15,20H2,1-5H3. The Kier molecular flexibility index (Phi) is 7.42. The zero-order valence-corrected chi connectivity index (χ0v) is 18.1. The van der Waals surface area contributed by atoms with Crippen LogP contribution in [-0.4, -0.2) is 14.9 Å². The Bertz CT molecular complexity index is 644. The van der Waals surface area contributed by atoms with Gasteiger partial charge in [-0.25, -0.2) is 0 Å². The Labute approximate surface area is 161 Å². The lowest BCUT2D eigenvalue weighted by atomic mass is 10.1. The molecule has 140 valence electrons. The molecule has 0 atom stereocenters. The molecule has 0 aliphatic heterocycles. The average Bonchev–Trinajstić information content (AvgIpc) is 2.62. The van der Waals surface area contributed by atoms with Crippen molar-refractivity contribution >= 4 is 18.7 Å². The molecule has 0 N–H and O–H groups in total. The maximum Gasteiger partial charge on any atom is 0.261 e. The van der Waals surface area contributed by atoms with E-state index in [1.807, 2.05) is 0 Å². The van der Waals surface area contributed by atoms with E-state index in [4.69, 9.17) is 4.43 Å². The van der Waals surface area contributed by atoms with Crippen LogP contribution in [0, 0.1) is 0 Å². The highest BCUT2D eigenvalue weighted by molar-refractivity contribution is 6.99. The normalized spacial score (nSPS) is 13.0. The van der Waals surface area contributed by atoms with Crippen molar-refractivity contribution in [3.8, 4) is 0 Å². The lowest BCUT2D eigenvalue weighted by molar-refractivity contribution is 0.292. The molecule has 2 rings (SSSR count). The van der Waals surface area contributed by atoms with E-state index in [1.165, 1.54) is 15.9 Å². The van der Waals surface area contributed by atoms with Crippen LogP contribution >= 0.6 is 0 Å². The fraction of sp³-hybridized carbons (Fsp3) is 0.417. The smallest absolute Gasteiger partial charge is 0.261 e. The first kappa shape index (κ1) is 20.7. The number of allylic oxidation sites excluding steroid dienone is 2. The van der Waals surface area contributed by atoms with Gasteiger partial charge in [0.25, 0.3) is 8.32 Å². The third-order valence-electron chi connectivity index (χ3n) is 5.00. The van der Waals surface area contributed by atoms with E-state index in [0.29, 0.717) is 0 Å². The molecule has 0 heterocycles. The van der Waals surface area contributed by atoms with Crippen LogP contribution in [0.3, 0.4) is 0 Å². The van der Waals surface area contributed by atoms with Gasteiger partial charge in [-0.3, -0.25) is 0 Å². The largest absolute Gasteiger partial charge is 0.407 e. The highest BCUT2D eigenvalue weighted by atomic mass is 28.4. The highest BCUT2D eigenvalue weighted by Gasteiger charge is 2.49. The van der Waals surface area contributed by atoms with Crippen molar-refractivity contribution in [2.24, 2.45) is 0 Å². The summed E-state index contributed by atoms with van der Waals surface area (Å²) >= 11 is 0. The first-order valence-corrected chi connectivity index (χ1v) is 11.7. The van der Waals surface area contributed by atoms with Gasteiger partial charge in [0, 0.05) is 6.61 Å². The van der Waals surface area contributed by atoms with E-state index >= 15 is 0 Å². The van der Waals surface area contributed by atoms with E-state index in [0.717, 1.165) is 25.9 Å². The Morgan fingerprint density at radius 1 is 0.923 bits per heavy atom. The Morgan fingerprint density at radius 3 is 1.85 bits per heavy atom.